The van der Waals surface area contributed by atoms with Crippen molar-refractivity contribution in [2.75, 3.05) is 5.73 Å². The molecule has 2 N–H and O–H groups in total. The van der Waals surface area contributed by atoms with Crippen LogP contribution in [0.2, 0.25) is 0 Å². The van der Waals surface area contributed by atoms with Crippen molar-refractivity contribution >= 4 is 22.6 Å². The van der Waals surface area contributed by atoms with Crippen molar-refractivity contribution in [2.24, 2.45) is 0 Å². The largest absolute Gasteiger partial charge is 0.455 e. The van der Waals surface area contributed by atoms with Gasteiger partial charge < -0.3 is 10.5 Å². The molecule has 0 atom stereocenters. The Morgan fingerprint density at radius 2 is 1.94 bits per heavy atom. The first-order valence-electron chi connectivity index (χ1n) is 5.75. The highest BCUT2D eigenvalue weighted by Gasteiger charge is 2.19. The van der Waals surface area contributed by atoms with E-state index in [1.54, 1.807) is 18.2 Å². The average molecular weight is 244 g/mol. The molecule has 0 saturated heterocycles. The van der Waals surface area contributed by atoms with E-state index in [2.05, 4.69) is 4.98 Å². The number of nitrogens with two attached hydrogens (primary N) is 1. The molecule has 0 spiro atoms. The first kappa shape index (κ1) is 12.4. The molecule has 94 valence electrons. The number of fused-ring (bicyclic) bond motifs is 1. The molecule has 1 aromatic carbocycles. The third-order valence-electron chi connectivity index (χ3n) is 2.37. The maximum atomic E-state index is 11.9. The summed E-state index contributed by atoms with van der Waals surface area (Å²) in [5.74, 6) is -0.424. The van der Waals surface area contributed by atoms with E-state index in [9.17, 15) is 4.79 Å². The summed E-state index contributed by atoms with van der Waals surface area (Å²) in [5.41, 5.74) is 6.94. The summed E-state index contributed by atoms with van der Waals surface area (Å²) in [5, 5.41) is 0.838. The van der Waals surface area contributed by atoms with E-state index in [0.29, 0.717) is 16.9 Å². The summed E-state index contributed by atoms with van der Waals surface area (Å²) in [6, 6.07) is 8.85. The van der Waals surface area contributed by atoms with Gasteiger partial charge in [0.1, 0.15) is 11.3 Å². The number of rotatable bonds is 1. The van der Waals surface area contributed by atoms with Gasteiger partial charge in [0, 0.05) is 11.1 Å². The summed E-state index contributed by atoms with van der Waals surface area (Å²) in [7, 11) is 0. The van der Waals surface area contributed by atoms with Crippen molar-refractivity contribution in [1.29, 1.82) is 0 Å². The van der Waals surface area contributed by atoms with Crippen LogP contribution in [-0.4, -0.2) is 16.6 Å². The Kier molecular flexibility index (Phi) is 2.95. The Hall–Kier alpha value is -2.10. The lowest BCUT2D eigenvalue weighted by Gasteiger charge is -2.19. The van der Waals surface area contributed by atoms with Crippen LogP contribution in [0.1, 0.15) is 31.3 Å². The molecule has 1 aromatic heterocycles. The monoisotopic (exact) mass is 244 g/mol. The predicted molar refractivity (Wildman–Crippen MR) is 71.3 cm³/mol. The first-order chi connectivity index (χ1) is 8.37. The zero-order valence-corrected chi connectivity index (χ0v) is 10.7. The molecular weight excluding hydrogens is 228 g/mol. The van der Waals surface area contributed by atoms with Gasteiger partial charge >= 0.3 is 5.97 Å². The topological polar surface area (TPSA) is 65.2 Å². The molecule has 0 fully saturated rings. The van der Waals surface area contributed by atoms with Crippen LogP contribution >= 0.6 is 0 Å². The number of nitrogen functional groups attached to an aromatic ring is 1. The number of benzene rings is 1. The van der Waals surface area contributed by atoms with Gasteiger partial charge in [0.2, 0.25) is 0 Å². The molecule has 0 amide bonds. The molecule has 0 aliphatic carbocycles. The summed E-state index contributed by atoms with van der Waals surface area (Å²) in [6.45, 7) is 5.47. The van der Waals surface area contributed by atoms with Crippen molar-refractivity contribution in [1.82, 2.24) is 4.98 Å². The number of hydrogen-bond donors (Lipinski definition) is 1. The molecule has 0 bridgehead atoms. The maximum Gasteiger partial charge on any atom is 0.357 e. The Labute approximate surface area is 106 Å². The molecule has 0 radical (unpaired) electrons. The summed E-state index contributed by atoms with van der Waals surface area (Å²) in [6.07, 6.45) is 0. The number of anilines is 1. The zero-order chi connectivity index (χ0) is 13.3. The number of pyridine rings is 1. The lowest BCUT2D eigenvalue weighted by Crippen LogP contribution is -2.24. The minimum atomic E-state index is -0.524. The summed E-state index contributed by atoms with van der Waals surface area (Å²) < 4.78 is 5.27. The second-order valence-corrected chi connectivity index (χ2v) is 5.11. The summed E-state index contributed by atoms with van der Waals surface area (Å²) >= 11 is 0. The Bertz CT molecular complexity index is 600. The predicted octanol–water partition coefficient (Wildman–Crippen LogP) is 2.77. The molecule has 2 rings (SSSR count). The number of hydrogen-bond acceptors (Lipinski definition) is 4. The molecule has 4 nitrogen and oxygen atoms in total. The molecule has 0 unspecified atom stereocenters. The number of aromatic nitrogens is 1. The van der Waals surface area contributed by atoms with Gasteiger partial charge in [0.05, 0.1) is 5.52 Å². The van der Waals surface area contributed by atoms with Gasteiger partial charge in [-0.3, -0.25) is 0 Å². The van der Waals surface area contributed by atoms with Crippen LogP contribution in [0, 0.1) is 0 Å². The Morgan fingerprint density at radius 1 is 1.22 bits per heavy atom. The molecule has 18 heavy (non-hydrogen) atoms. The highest BCUT2D eigenvalue weighted by atomic mass is 16.6. The van der Waals surface area contributed by atoms with E-state index in [1.165, 1.54) is 0 Å². The van der Waals surface area contributed by atoms with E-state index in [-0.39, 0.29) is 0 Å². The van der Waals surface area contributed by atoms with Crippen molar-refractivity contribution < 1.29 is 9.53 Å². The molecule has 0 saturated carbocycles. The SMILES string of the molecule is CC(C)(C)OC(=O)c1ccc2c(N)cccc2n1. The first-order valence-corrected chi connectivity index (χ1v) is 5.75. The van der Waals surface area contributed by atoms with Crippen LogP contribution in [-0.2, 0) is 4.74 Å². The second-order valence-electron chi connectivity index (χ2n) is 5.11. The molecule has 1 heterocycles. The standard InChI is InChI=1S/C14H16N2O2/c1-14(2,3)18-13(17)12-8-7-9-10(15)5-4-6-11(9)16-12/h4-8H,15H2,1-3H3. The van der Waals surface area contributed by atoms with E-state index in [4.69, 9.17) is 10.5 Å². The lowest BCUT2D eigenvalue weighted by atomic mass is 10.1. The molecule has 0 aliphatic heterocycles. The number of esters is 1. The summed E-state index contributed by atoms with van der Waals surface area (Å²) in [4.78, 5) is 16.1. The van der Waals surface area contributed by atoms with Crippen LogP contribution in [0.4, 0.5) is 5.69 Å². The van der Waals surface area contributed by atoms with Crippen molar-refractivity contribution in [2.45, 2.75) is 26.4 Å². The zero-order valence-electron chi connectivity index (χ0n) is 10.7. The fourth-order valence-corrected chi connectivity index (χ4v) is 1.62. The van der Waals surface area contributed by atoms with E-state index in [0.717, 1.165) is 5.39 Å². The normalized spacial score (nSPS) is 11.5. The molecule has 2 aromatic rings. The molecule has 4 heteroatoms. The van der Waals surface area contributed by atoms with Crippen LogP contribution in [0.5, 0.6) is 0 Å². The van der Waals surface area contributed by atoms with Crippen molar-refractivity contribution in [3.63, 3.8) is 0 Å². The minimum absolute atomic E-state index is 0.294. The third-order valence-corrected chi connectivity index (χ3v) is 2.37. The van der Waals surface area contributed by atoms with Crippen LogP contribution in [0.3, 0.4) is 0 Å². The lowest BCUT2D eigenvalue weighted by molar-refractivity contribution is 0.00633. The number of carbonyl (C=O) groups excluding carboxylic acids is 1. The fourth-order valence-electron chi connectivity index (χ4n) is 1.62. The third kappa shape index (κ3) is 2.59. The van der Waals surface area contributed by atoms with Crippen LogP contribution in [0.25, 0.3) is 10.9 Å². The number of ether oxygens (including phenoxy) is 1. The van der Waals surface area contributed by atoms with E-state index in [1.807, 2.05) is 32.9 Å². The fraction of sp³-hybridized carbons (Fsp3) is 0.286. The van der Waals surface area contributed by atoms with Gasteiger partial charge in [-0.2, -0.15) is 0 Å². The van der Waals surface area contributed by atoms with Gasteiger partial charge in [0.25, 0.3) is 0 Å². The maximum absolute atomic E-state index is 11.9. The smallest absolute Gasteiger partial charge is 0.357 e. The van der Waals surface area contributed by atoms with E-state index < -0.39 is 11.6 Å². The molecule has 0 aliphatic rings. The van der Waals surface area contributed by atoms with Gasteiger partial charge in [-0.25, -0.2) is 9.78 Å². The minimum Gasteiger partial charge on any atom is -0.455 e. The van der Waals surface area contributed by atoms with Gasteiger partial charge in [0.15, 0.2) is 0 Å². The Morgan fingerprint density at radius 3 is 2.61 bits per heavy atom. The molecular formula is C14H16N2O2. The average Bonchev–Trinajstić information content (AvgIpc) is 2.26. The Balaban J connectivity index is 2.39. The van der Waals surface area contributed by atoms with Crippen molar-refractivity contribution in [3.8, 4) is 0 Å². The van der Waals surface area contributed by atoms with Crippen LogP contribution in [0.15, 0.2) is 30.3 Å². The van der Waals surface area contributed by atoms with Crippen LogP contribution < -0.4 is 5.73 Å². The number of carbonyl (C=O) groups is 1. The highest BCUT2D eigenvalue weighted by molar-refractivity contribution is 5.95. The van der Waals surface area contributed by atoms with E-state index >= 15 is 0 Å². The van der Waals surface area contributed by atoms with Crippen molar-refractivity contribution in [3.05, 3.63) is 36.0 Å². The van der Waals surface area contributed by atoms with Gasteiger partial charge in [-0.1, -0.05) is 6.07 Å². The second kappa shape index (κ2) is 4.29. The quantitative estimate of drug-likeness (QED) is 0.618. The van der Waals surface area contributed by atoms with Gasteiger partial charge in [-0.15, -0.1) is 0 Å². The number of nitrogens with zero attached hydrogens (tertiary/aromatic N) is 1. The van der Waals surface area contributed by atoms with Gasteiger partial charge in [-0.05, 0) is 45.0 Å². The highest BCUT2D eigenvalue weighted by Crippen LogP contribution is 2.20.